The summed E-state index contributed by atoms with van der Waals surface area (Å²) in [5.74, 6) is -2.80. The number of amides is 2. The fraction of sp³-hybridized carbons (Fsp3) is 0.300. The molecule has 0 unspecified atom stereocenters. The first-order chi connectivity index (χ1) is 14.3. The van der Waals surface area contributed by atoms with E-state index in [2.05, 4.69) is 10.1 Å². The van der Waals surface area contributed by atoms with Crippen LogP contribution >= 0.6 is 0 Å². The van der Waals surface area contributed by atoms with E-state index < -0.39 is 24.2 Å². The number of carbonyl (C=O) groups is 2. The highest BCUT2D eigenvalue weighted by Crippen LogP contribution is 2.18. The van der Waals surface area contributed by atoms with Crippen LogP contribution in [-0.2, 0) is 4.79 Å². The molecule has 1 fully saturated rings. The van der Waals surface area contributed by atoms with Crippen LogP contribution in [0.1, 0.15) is 10.4 Å². The van der Waals surface area contributed by atoms with Crippen LogP contribution in [0.15, 0.2) is 42.5 Å². The molecule has 0 bridgehead atoms. The minimum atomic E-state index is -2.92. The van der Waals surface area contributed by atoms with Crippen molar-refractivity contribution >= 4 is 17.5 Å². The maximum Gasteiger partial charge on any atom is 0.387 e. The van der Waals surface area contributed by atoms with Crippen LogP contribution in [0.4, 0.5) is 23.2 Å². The molecule has 1 aliphatic rings. The van der Waals surface area contributed by atoms with Crippen LogP contribution in [0.25, 0.3) is 0 Å². The van der Waals surface area contributed by atoms with E-state index in [1.54, 1.807) is 0 Å². The highest BCUT2D eigenvalue weighted by Gasteiger charge is 2.24. The SMILES string of the molecule is O=C(CN1CCN(C(=O)c2ccc(F)c(F)c2)CC1)Nc1ccc(OC(F)F)cc1. The van der Waals surface area contributed by atoms with Gasteiger partial charge in [-0.3, -0.25) is 14.5 Å². The first-order valence-electron chi connectivity index (χ1n) is 9.13. The largest absolute Gasteiger partial charge is 0.435 e. The molecule has 0 spiro atoms. The predicted octanol–water partition coefficient (Wildman–Crippen LogP) is 2.96. The van der Waals surface area contributed by atoms with Crippen LogP contribution < -0.4 is 10.1 Å². The molecule has 160 valence electrons. The van der Waals surface area contributed by atoms with Crippen molar-refractivity contribution in [2.45, 2.75) is 6.61 Å². The standard InChI is InChI=1S/C20H19F4N3O3/c21-16-6-1-13(11-17(16)22)19(29)27-9-7-26(8-10-27)12-18(28)25-14-2-4-15(5-3-14)30-20(23)24/h1-6,11,20H,7-10,12H2,(H,25,28). The van der Waals surface area contributed by atoms with Crippen LogP contribution in [0.3, 0.4) is 0 Å². The number of hydrogen-bond donors (Lipinski definition) is 1. The van der Waals surface area contributed by atoms with Gasteiger partial charge in [0, 0.05) is 37.4 Å². The third-order valence-electron chi connectivity index (χ3n) is 4.56. The van der Waals surface area contributed by atoms with Crippen LogP contribution in [-0.4, -0.2) is 60.9 Å². The van der Waals surface area contributed by atoms with E-state index in [9.17, 15) is 27.2 Å². The molecule has 0 aliphatic carbocycles. The third-order valence-corrected chi connectivity index (χ3v) is 4.56. The van der Waals surface area contributed by atoms with Gasteiger partial charge >= 0.3 is 6.61 Å². The van der Waals surface area contributed by atoms with Gasteiger partial charge in [-0.15, -0.1) is 0 Å². The van der Waals surface area contributed by atoms with Gasteiger partial charge in [0.2, 0.25) is 5.91 Å². The van der Waals surface area contributed by atoms with Crippen LogP contribution in [0.5, 0.6) is 5.75 Å². The average molecular weight is 425 g/mol. The fourth-order valence-corrected chi connectivity index (χ4v) is 3.04. The number of alkyl halides is 2. The second-order valence-electron chi connectivity index (χ2n) is 6.65. The smallest absolute Gasteiger partial charge is 0.387 e. The number of benzene rings is 2. The molecule has 1 saturated heterocycles. The molecule has 30 heavy (non-hydrogen) atoms. The molecule has 1 heterocycles. The Bertz CT molecular complexity index is 901. The highest BCUT2D eigenvalue weighted by atomic mass is 19.3. The Hall–Kier alpha value is -3.14. The number of anilines is 1. The summed E-state index contributed by atoms with van der Waals surface area (Å²) in [6.45, 7) is -1.29. The fourth-order valence-electron chi connectivity index (χ4n) is 3.04. The first-order valence-corrected chi connectivity index (χ1v) is 9.13. The number of hydrogen-bond acceptors (Lipinski definition) is 4. The van der Waals surface area contributed by atoms with E-state index in [-0.39, 0.29) is 23.8 Å². The average Bonchev–Trinajstić information content (AvgIpc) is 2.71. The summed E-state index contributed by atoms with van der Waals surface area (Å²) in [4.78, 5) is 28.0. The summed E-state index contributed by atoms with van der Waals surface area (Å²) >= 11 is 0. The monoisotopic (exact) mass is 425 g/mol. The maximum absolute atomic E-state index is 13.3. The molecule has 2 aromatic carbocycles. The Balaban J connectivity index is 1.46. The lowest BCUT2D eigenvalue weighted by Crippen LogP contribution is -2.50. The summed E-state index contributed by atoms with van der Waals surface area (Å²) in [6, 6.07) is 8.57. The summed E-state index contributed by atoms with van der Waals surface area (Å²) in [7, 11) is 0. The Morgan fingerprint density at radius 3 is 2.23 bits per heavy atom. The number of nitrogens with zero attached hydrogens (tertiary/aromatic N) is 2. The summed E-state index contributed by atoms with van der Waals surface area (Å²) in [5, 5.41) is 2.66. The minimum Gasteiger partial charge on any atom is -0.435 e. The van der Waals surface area contributed by atoms with Gasteiger partial charge in [-0.25, -0.2) is 8.78 Å². The van der Waals surface area contributed by atoms with E-state index >= 15 is 0 Å². The highest BCUT2D eigenvalue weighted by molar-refractivity contribution is 5.94. The topological polar surface area (TPSA) is 61.9 Å². The Kier molecular flexibility index (Phi) is 6.88. The van der Waals surface area contributed by atoms with Crippen molar-refractivity contribution in [2.24, 2.45) is 0 Å². The van der Waals surface area contributed by atoms with Crippen LogP contribution in [0.2, 0.25) is 0 Å². The molecule has 10 heteroatoms. The second-order valence-corrected chi connectivity index (χ2v) is 6.65. The predicted molar refractivity (Wildman–Crippen MR) is 100 cm³/mol. The Morgan fingerprint density at radius 1 is 0.967 bits per heavy atom. The van der Waals surface area contributed by atoms with E-state index in [1.165, 1.54) is 35.2 Å². The molecule has 0 atom stereocenters. The zero-order chi connectivity index (χ0) is 21.7. The van der Waals surface area contributed by atoms with Gasteiger partial charge in [0.05, 0.1) is 6.54 Å². The first kappa shape index (κ1) is 21.6. The van der Waals surface area contributed by atoms with Crippen LogP contribution in [0, 0.1) is 11.6 Å². The number of halogens is 4. The normalized spacial score (nSPS) is 14.6. The van der Waals surface area contributed by atoms with Gasteiger partial charge in [-0.2, -0.15) is 8.78 Å². The molecule has 1 aliphatic heterocycles. The van der Waals surface area contributed by atoms with Crippen molar-refractivity contribution in [3.63, 3.8) is 0 Å². The zero-order valence-corrected chi connectivity index (χ0v) is 15.8. The van der Waals surface area contributed by atoms with Gasteiger partial charge in [-0.05, 0) is 42.5 Å². The summed E-state index contributed by atoms with van der Waals surface area (Å²) < 4.78 is 54.9. The molecule has 6 nitrogen and oxygen atoms in total. The van der Waals surface area contributed by atoms with Gasteiger partial charge in [-0.1, -0.05) is 0 Å². The lowest BCUT2D eigenvalue weighted by Gasteiger charge is -2.34. The van der Waals surface area contributed by atoms with Crippen molar-refractivity contribution in [3.05, 3.63) is 59.7 Å². The molecule has 0 saturated carbocycles. The van der Waals surface area contributed by atoms with E-state index in [0.717, 1.165) is 12.1 Å². The number of nitrogens with one attached hydrogen (secondary N) is 1. The quantitative estimate of drug-likeness (QED) is 0.723. The van der Waals surface area contributed by atoms with E-state index in [4.69, 9.17) is 0 Å². The summed E-state index contributed by atoms with van der Waals surface area (Å²) in [5.41, 5.74) is 0.508. The molecule has 0 aromatic heterocycles. The molecule has 3 rings (SSSR count). The number of ether oxygens (including phenoxy) is 1. The molecule has 2 aromatic rings. The minimum absolute atomic E-state index is 0.00942. The lowest BCUT2D eigenvalue weighted by molar-refractivity contribution is -0.117. The number of piperazine rings is 1. The van der Waals surface area contributed by atoms with Crippen molar-refractivity contribution < 1.29 is 31.9 Å². The molecule has 1 N–H and O–H groups in total. The Morgan fingerprint density at radius 2 is 1.63 bits per heavy atom. The molecule has 0 radical (unpaired) electrons. The molecular weight excluding hydrogens is 406 g/mol. The van der Waals surface area contributed by atoms with Gasteiger partial charge < -0.3 is 15.0 Å². The Labute approximate surface area is 170 Å². The zero-order valence-electron chi connectivity index (χ0n) is 15.8. The van der Waals surface area contributed by atoms with Gasteiger partial charge in [0.25, 0.3) is 5.91 Å². The molecule has 2 amide bonds. The second kappa shape index (κ2) is 9.57. The van der Waals surface area contributed by atoms with Crippen molar-refractivity contribution in [3.8, 4) is 5.75 Å². The third kappa shape index (κ3) is 5.69. The van der Waals surface area contributed by atoms with E-state index in [0.29, 0.717) is 31.9 Å². The van der Waals surface area contributed by atoms with Gasteiger partial charge in [0.1, 0.15) is 5.75 Å². The van der Waals surface area contributed by atoms with Crippen molar-refractivity contribution in [2.75, 3.05) is 38.0 Å². The number of carbonyl (C=O) groups excluding carboxylic acids is 2. The maximum atomic E-state index is 13.3. The van der Waals surface area contributed by atoms with Gasteiger partial charge in [0.15, 0.2) is 11.6 Å². The van der Waals surface area contributed by atoms with Crippen molar-refractivity contribution in [1.82, 2.24) is 9.80 Å². The lowest BCUT2D eigenvalue weighted by atomic mass is 10.1. The van der Waals surface area contributed by atoms with E-state index in [1.807, 2.05) is 4.90 Å². The molecular formula is C20H19F4N3O3. The van der Waals surface area contributed by atoms with Crippen molar-refractivity contribution in [1.29, 1.82) is 0 Å². The summed E-state index contributed by atoms with van der Waals surface area (Å²) in [6.07, 6.45) is 0. The number of rotatable bonds is 6.